The fourth-order valence-corrected chi connectivity index (χ4v) is 3.11. The minimum Gasteiger partial charge on any atom is -0.394 e. The Morgan fingerprint density at radius 1 is 1.37 bits per heavy atom. The summed E-state index contributed by atoms with van der Waals surface area (Å²) in [5, 5.41) is 27.1. The number of benzene rings is 1. The first-order valence-corrected chi connectivity index (χ1v) is 7.03. The normalized spacial score (nSPS) is 12.2. The molecule has 1 aromatic carbocycles. The minimum atomic E-state index is -3.93. The van der Waals surface area contributed by atoms with Crippen molar-refractivity contribution in [3.05, 3.63) is 29.3 Å². The second-order valence-electron chi connectivity index (χ2n) is 4.57. The third-order valence-corrected chi connectivity index (χ3v) is 4.47. The van der Waals surface area contributed by atoms with Crippen molar-refractivity contribution in [2.45, 2.75) is 24.3 Å². The molecule has 0 unspecified atom stereocenters. The maximum atomic E-state index is 12.2. The molecular formula is C12H16N2O4S. The van der Waals surface area contributed by atoms with Gasteiger partial charge < -0.3 is 10.2 Å². The summed E-state index contributed by atoms with van der Waals surface area (Å²) in [4.78, 5) is -0.0420. The number of nitrogens with zero attached hydrogens (tertiary/aromatic N) is 1. The van der Waals surface area contributed by atoms with Crippen LogP contribution < -0.4 is 4.72 Å². The van der Waals surface area contributed by atoms with Gasteiger partial charge in [0.15, 0.2) is 0 Å². The van der Waals surface area contributed by atoms with Gasteiger partial charge in [-0.05, 0) is 31.5 Å². The van der Waals surface area contributed by atoms with Crippen LogP contribution in [0.15, 0.2) is 23.1 Å². The first kappa shape index (κ1) is 15.6. The SMILES string of the molecule is Cc1ccc(C#N)cc1S(=O)(=O)NC(C)(CO)CO. The Morgan fingerprint density at radius 2 is 1.95 bits per heavy atom. The molecule has 0 aliphatic rings. The molecule has 0 saturated carbocycles. The molecule has 7 heteroatoms. The number of nitrogens with one attached hydrogen (secondary N) is 1. The smallest absolute Gasteiger partial charge is 0.241 e. The van der Waals surface area contributed by atoms with Gasteiger partial charge in [-0.25, -0.2) is 13.1 Å². The highest BCUT2D eigenvalue weighted by Gasteiger charge is 2.30. The molecule has 3 N–H and O–H groups in total. The van der Waals surface area contributed by atoms with Gasteiger partial charge in [0.25, 0.3) is 0 Å². The van der Waals surface area contributed by atoms with E-state index >= 15 is 0 Å². The second kappa shape index (κ2) is 5.67. The third kappa shape index (κ3) is 3.52. The van der Waals surface area contributed by atoms with Crippen LogP contribution in [0, 0.1) is 18.3 Å². The number of hydrogen-bond donors (Lipinski definition) is 3. The van der Waals surface area contributed by atoms with E-state index in [-0.39, 0.29) is 10.5 Å². The summed E-state index contributed by atoms with van der Waals surface area (Å²) in [6.07, 6.45) is 0. The van der Waals surface area contributed by atoms with E-state index in [0.29, 0.717) is 5.56 Å². The zero-order valence-electron chi connectivity index (χ0n) is 10.7. The first-order valence-electron chi connectivity index (χ1n) is 5.54. The molecule has 0 aliphatic heterocycles. The molecule has 6 nitrogen and oxygen atoms in total. The van der Waals surface area contributed by atoms with E-state index in [1.165, 1.54) is 25.1 Å². The van der Waals surface area contributed by atoms with E-state index in [1.807, 2.05) is 6.07 Å². The largest absolute Gasteiger partial charge is 0.394 e. The number of sulfonamides is 1. The van der Waals surface area contributed by atoms with Crippen LogP contribution in [0.1, 0.15) is 18.1 Å². The van der Waals surface area contributed by atoms with Crippen LogP contribution in [0.4, 0.5) is 0 Å². The summed E-state index contributed by atoms with van der Waals surface area (Å²) < 4.78 is 26.7. The summed E-state index contributed by atoms with van der Waals surface area (Å²) in [5.74, 6) is 0. The third-order valence-electron chi connectivity index (χ3n) is 2.69. The van der Waals surface area contributed by atoms with Crippen molar-refractivity contribution in [2.75, 3.05) is 13.2 Å². The van der Waals surface area contributed by atoms with E-state index in [4.69, 9.17) is 15.5 Å². The van der Waals surface area contributed by atoms with E-state index in [9.17, 15) is 8.42 Å². The van der Waals surface area contributed by atoms with Crippen molar-refractivity contribution in [3.63, 3.8) is 0 Å². The molecule has 1 aromatic rings. The van der Waals surface area contributed by atoms with Crippen LogP contribution in [0.3, 0.4) is 0 Å². The molecule has 0 aromatic heterocycles. The zero-order chi connectivity index (χ0) is 14.7. The first-order chi connectivity index (χ1) is 8.78. The van der Waals surface area contributed by atoms with Gasteiger partial charge >= 0.3 is 0 Å². The van der Waals surface area contributed by atoms with Crippen molar-refractivity contribution < 1.29 is 18.6 Å². The van der Waals surface area contributed by atoms with Gasteiger partial charge in [-0.3, -0.25) is 0 Å². The van der Waals surface area contributed by atoms with Crippen molar-refractivity contribution >= 4 is 10.0 Å². The molecule has 0 amide bonds. The van der Waals surface area contributed by atoms with Crippen LogP contribution in [0.2, 0.25) is 0 Å². The van der Waals surface area contributed by atoms with E-state index in [2.05, 4.69) is 4.72 Å². The molecule has 104 valence electrons. The predicted octanol–water partition coefficient (Wildman–Crippen LogP) is -0.112. The standard InChI is InChI=1S/C12H16N2O4S/c1-9-3-4-10(6-13)5-11(9)19(17,18)14-12(2,7-15)8-16/h3-5,14-16H,7-8H2,1-2H3. The van der Waals surface area contributed by atoms with Gasteiger partial charge in [-0.1, -0.05) is 6.07 Å². The van der Waals surface area contributed by atoms with Crippen LogP contribution in [-0.4, -0.2) is 37.4 Å². The predicted molar refractivity (Wildman–Crippen MR) is 68.8 cm³/mol. The molecule has 0 fully saturated rings. The van der Waals surface area contributed by atoms with E-state index in [1.54, 1.807) is 6.92 Å². The number of aryl methyl sites for hydroxylation is 1. The van der Waals surface area contributed by atoms with Crippen LogP contribution >= 0.6 is 0 Å². The average Bonchev–Trinajstić information content (AvgIpc) is 2.38. The highest BCUT2D eigenvalue weighted by Crippen LogP contribution is 2.18. The Labute approximate surface area is 112 Å². The maximum absolute atomic E-state index is 12.2. The van der Waals surface area contributed by atoms with Gasteiger partial charge in [0.05, 0.1) is 35.3 Å². The fraction of sp³-hybridized carbons (Fsp3) is 0.417. The second-order valence-corrected chi connectivity index (χ2v) is 6.23. The van der Waals surface area contributed by atoms with Gasteiger partial charge in [0.1, 0.15) is 0 Å². The quantitative estimate of drug-likeness (QED) is 0.698. The Kier molecular flexibility index (Phi) is 4.66. The highest BCUT2D eigenvalue weighted by molar-refractivity contribution is 7.89. The Balaban J connectivity index is 3.25. The summed E-state index contributed by atoms with van der Waals surface area (Å²) in [7, 11) is -3.93. The fourth-order valence-electron chi connectivity index (χ4n) is 1.45. The van der Waals surface area contributed by atoms with Crippen molar-refractivity contribution in [2.24, 2.45) is 0 Å². The molecule has 0 atom stereocenters. The van der Waals surface area contributed by atoms with Crippen LogP contribution in [0.25, 0.3) is 0 Å². The van der Waals surface area contributed by atoms with Gasteiger partial charge in [0, 0.05) is 0 Å². The molecule has 0 heterocycles. The number of aliphatic hydroxyl groups is 2. The number of aliphatic hydroxyl groups excluding tert-OH is 2. The average molecular weight is 284 g/mol. The maximum Gasteiger partial charge on any atom is 0.241 e. The van der Waals surface area contributed by atoms with Crippen LogP contribution in [0.5, 0.6) is 0 Å². The lowest BCUT2D eigenvalue weighted by molar-refractivity contribution is 0.121. The summed E-state index contributed by atoms with van der Waals surface area (Å²) in [6, 6.07) is 6.17. The van der Waals surface area contributed by atoms with Crippen molar-refractivity contribution in [3.8, 4) is 6.07 Å². The molecule has 19 heavy (non-hydrogen) atoms. The Hall–Kier alpha value is -1.46. The molecule has 0 saturated heterocycles. The molecule has 0 bridgehead atoms. The highest BCUT2D eigenvalue weighted by atomic mass is 32.2. The molecule has 0 spiro atoms. The molecule has 0 radical (unpaired) electrons. The van der Waals surface area contributed by atoms with E-state index < -0.39 is 28.8 Å². The summed E-state index contributed by atoms with van der Waals surface area (Å²) in [5.41, 5.74) is -0.654. The lowest BCUT2D eigenvalue weighted by Gasteiger charge is -2.26. The van der Waals surface area contributed by atoms with Crippen molar-refractivity contribution in [1.82, 2.24) is 4.72 Å². The van der Waals surface area contributed by atoms with Crippen molar-refractivity contribution in [1.29, 1.82) is 5.26 Å². The monoisotopic (exact) mass is 284 g/mol. The number of rotatable bonds is 5. The van der Waals surface area contributed by atoms with Gasteiger partial charge in [-0.15, -0.1) is 0 Å². The minimum absolute atomic E-state index is 0.0420. The topological polar surface area (TPSA) is 110 Å². The lowest BCUT2D eigenvalue weighted by atomic mass is 10.1. The van der Waals surface area contributed by atoms with Gasteiger partial charge in [0.2, 0.25) is 10.0 Å². The summed E-state index contributed by atoms with van der Waals surface area (Å²) >= 11 is 0. The summed E-state index contributed by atoms with van der Waals surface area (Å²) in [6.45, 7) is 1.90. The number of nitriles is 1. The van der Waals surface area contributed by atoms with Gasteiger partial charge in [-0.2, -0.15) is 5.26 Å². The molecule has 1 rings (SSSR count). The van der Waals surface area contributed by atoms with Crippen LogP contribution in [-0.2, 0) is 10.0 Å². The van der Waals surface area contributed by atoms with E-state index in [0.717, 1.165) is 0 Å². The number of hydrogen-bond acceptors (Lipinski definition) is 5. The zero-order valence-corrected chi connectivity index (χ0v) is 11.5. The molecule has 0 aliphatic carbocycles. The molecular weight excluding hydrogens is 268 g/mol. The Morgan fingerprint density at radius 3 is 2.42 bits per heavy atom. The lowest BCUT2D eigenvalue weighted by Crippen LogP contribution is -2.51. The Bertz CT molecular complexity index is 601.